The Morgan fingerprint density at radius 3 is 2.55 bits per heavy atom. The largest absolute Gasteiger partial charge is 0.508 e. The van der Waals surface area contributed by atoms with Gasteiger partial charge in [0.25, 0.3) is 5.69 Å². The van der Waals surface area contributed by atoms with Crippen LogP contribution in [0.3, 0.4) is 0 Å². The van der Waals surface area contributed by atoms with Gasteiger partial charge < -0.3 is 10.5 Å². The molecule has 0 atom stereocenters. The second-order valence-electron chi connectivity index (χ2n) is 4.04. The number of nitrogens with one attached hydrogen (secondary N) is 1. The summed E-state index contributed by atoms with van der Waals surface area (Å²) in [5.74, 6) is 6.04. The number of rotatable bonds is 5. The van der Waals surface area contributed by atoms with Crippen molar-refractivity contribution in [2.24, 2.45) is 5.84 Å². The molecule has 0 heterocycles. The van der Waals surface area contributed by atoms with Gasteiger partial charge in [-0.05, 0) is 35.9 Å². The third-order valence-electron chi connectivity index (χ3n) is 2.66. The summed E-state index contributed by atoms with van der Waals surface area (Å²) in [5.41, 5.74) is 3.38. The normalized spacial score (nSPS) is 10.2. The molecule has 0 saturated carbocycles. The van der Waals surface area contributed by atoms with Crippen molar-refractivity contribution in [3.8, 4) is 5.75 Å². The molecule has 104 valence electrons. The zero-order valence-corrected chi connectivity index (χ0v) is 11.3. The number of nitro benzene ring substituents is 1. The van der Waals surface area contributed by atoms with Crippen molar-refractivity contribution >= 4 is 23.1 Å². The van der Waals surface area contributed by atoms with Gasteiger partial charge in [0.05, 0.1) is 4.92 Å². The van der Waals surface area contributed by atoms with Crippen molar-refractivity contribution < 1.29 is 10.0 Å². The Kier molecular flexibility index (Phi) is 4.44. The highest BCUT2D eigenvalue weighted by Crippen LogP contribution is 2.29. The first-order valence-electron chi connectivity index (χ1n) is 5.76. The maximum atomic E-state index is 10.9. The maximum absolute atomic E-state index is 10.9. The molecule has 0 saturated heterocycles. The Morgan fingerprint density at radius 1 is 1.25 bits per heavy atom. The molecule has 2 aromatic rings. The number of benzene rings is 2. The van der Waals surface area contributed by atoms with E-state index in [-0.39, 0.29) is 17.1 Å². The summed E-state index contributed by atoms with van der Waals surface area (Å²) in [4.78, 5) is 11.4. The second kappa shape index (κ2) is 6.27. The van der Waals surface area contributed by atoms with Crippen molar-refractivity contribution in [3.05, 3.63) is 58.1 Å². The van der Waals surface area contributed by atoms with Crippen LogP contribution < -0.4 is 11.3 Å². The zero-order valence-electron chi connectivity index (χ0n) is 10.4. The number of hydrogen-bond donors (Lipinski definition) is 3. The molecule has 2 rings (SSSR count). The van der Waals surface area contributed by atoms with Gasteiger partial charge in [-0.3, -0.25) is 16.0 Å². The molecule has 4 N–H and O–H groups in total. The van der Waals surface area contributed by atoms with Crippen LogP contribution in [0.1, 0.15) is 5.56 Å². The SMILES string of the molecule is NNc1ccc(CSc2ccc(O)cc2)cc1[N+](=O)[O-]. The minimum Gasteiger partial charge on any atom is -0.508 e. The number of nitrogen functional groups attached to an aromatic ring is 1. The number of hydrazine groups is 1. The first-order chi connectivity index (χ1) is 9.60. The van der Waals surface area contributed by atoms with Gasteiger partial charge >= 0.3 is 0 Å². The molecule has 2 aromatic carbocycles. The van der Waals surface area contributed by atoms with Crippen molar-refractivity contribution in [3.63, 3.8) is 0 Å². The third-order valence-corrected chi connectivity index (χ3v) is 3.74. The van der Waals surface area contributed by atoms with Gasteiger partial charge in [0.2, 0.25) is 0 Å². The smallest absolute Gasteiger partial charge is 0.293 e. The summed E-state index contributed by atoms with van der Waals surface area (Å²) >= 11 is 1.53. The van der Waals surface area contributed by atoms with Crippen LogP contribution in [0.5, 0.6) is 5.75 Å². The lowest BCUT2D eigenvalue weighted by molar-refractivity contribution is -0.384. The van der Waals surface area contributed by atoms with Crippen LogP contribution in [0.2, 0.25) is 0 Å². The van der Waals surface area contributed by atoms with Gasteiger partial charge in [-0.15, -0.1) is 11.8 Å². The average molecular weight is 291 g/mol. The Morgan fingerprint density at radius 2 is 1.95 bits per heavy atom. The molecule has 0 bridgehead atoms. The van der Waals surface area contributed by atoms with E-state index in [1.165, 1.54) is 17.8 Å². The van der Waals surface area contributed by atoms with Crippen LogP contribution in [0, 0.1) is 10.1 Å². The highest BCUT2D eigenvalue weighted by molar-refractivity contribution is 7.98. The molecule has 20 heavy (non-hydrogen) atoms. The summed E-state index contributed by atoms with van der Waals surface area (Å²) < 4.78 is 0. The van der Waals surface area contributed by atoms with E-state index in [4.69, 9.17) is 5.84 Å². The van der Waals surface area contributed by atoms with E-state index in [1.807, 2.05) is 0 Å². The van der Waals surface area contributed by atoms with Crippen LogP contribution in [-0.2, 0) is 5.75 Å². The molecule has 0 aliphatic rings. The number of thioether (sulfide) groups is 1. The van der Waals surface area contributed by atoms with E-state index >= 15 is 0 Å². The number of hydrogen-bond acceptors (Lipinski definition) is 6. The number of nitro groups is 1. The van der Waals surface area contributed by atoms with Crippen molar-refractivity contribution in [2.75, 3.05) is 5.43 Å². The maximum Gasteiger partial charge on any atom is 0.293 e. The monoisotopic (exact) mass is 291 g/mol. The van der Waals surface area contributed by atoms with Crippen LogP contribution in [0.4, 0.5) is 11.4 Å². The molecule has 6 nitrogen and oxygen atoms in total. The third kappa shape index (κ3) is 3.40. The fraction of sp³-hybridized carbons (Fsp3) is 0.0769. The molecule has 0 fully saturated rings. The Balaban J connectivity index is 2.11. The molecule has 7 heteroatoms. The van der Waals surface area contributed by atoms with Gasteiger partial charge in [-0.25, -0.2) is 0 Å². The van der Waals surface area contributed by atoms with Crippen molar-refractivity contribution in [1.29, 1.82) is 0 Å². The van der Waals surface area contributed by atoms with E-state index in [2.05, 4.69) is 5.43 Å². The summed E-state index contributed by atoms with van der Waals surface area (Å²) in [6, 6.07) is 11.7. The number of phenolic OH excluding ortho intramolecular Hbond substituents is 1. The minimum atomic E-state index is -0.468. The van der Waals surface area contributed by atoms with Crippen LogP contribution in [-0.4, -0.2) is 10.0 Å². The van der Waals surface area contributed by atoms with E-state index in [1.54, 1.807) is 36.4 Å². The first-order valence-corrected chi connectivity index (χ1v) is 6.74. The molecule has 0 spiro atoms. The summed E-state index contributed by atoms with van der Waals surface area (Å²) in [5, 5.41) is 20.1. The molecule has 0 amide bonds. The van der Waals surface area contributed by atoms with Crippen LogP contribution in [0.25, 0.3) is 0 Å². The van der Waals surface area contributed by atoms with Crippen molar-refractivity contribution in [1.82, 2.24) is 0 Å². The quantitative estimate of drug-likeness (QED) is 0.339. The van der Waals surface area contributed by atoms with E-state index in [0.29, 0.717) is 5.75 Å². The fourth-order valence-corrected chi connectivity index (χ4v) is 2.49. The summed E-state index contributed by atoms with van der Waals surface area (Å²) in [6.45, 7) is 0. The Bertz CT molecular complexity index is 617. The molecule has 0 aromatic heterocycles. The highest BCUT2D eigenvalue weighted by Gasteiger charge is 2.13. The molecular formula is C13H13N3O3S. The summed E-state index contributed by atoms with van der Waals surface area (Å²) in [6.07, 6.45) is 0. The molecular weight excluding hydrogens is 278 g/mol. The van der Waals surface area contributed by atoms with Crippen LogP contribution in [0.15, 0.2) is 47.4 Å². The topological polar surface area (TPSA) is 101 Å². The van der Waals surface area contributed by atoms with Gasteiger partial charge in [0.1, 0.15) is 11.4 Å². The molecule has 0 unspecified atom stereocenters. The van der Waals surface area contributed by atoms with E-state index in [0.717, 1.165) is 10.5 Å². The Labute approximate surface area is 119 Å². The molecule has 0 aliphatic carbocycles. The van der Waals surface area contributed by atoms with E-state index < -0.39 is 4.92 Å². The van der Waals surface area contributed by atoms with Crippen molar-refractivity contribution in [2.45, 2.75) is 10.6 Å². The predicted molar refractivity (Wildman–Crippen MR) is 78.6 cm³/mol. The van der Waals surface area contributed by atoms with Gasteiger partial charge in [-0.1, -0.05) is 6.07 Å². The number of anilines is 1. The number of phenols is 1. The highest BCUT2D eigenvalue weighted by atomic mass is 32.2. The lowest BCUT2D eigenvalue weighted by Crippen LogP contribution is -2.09. The number of nitrogens with two attached hydrogens (primary N) is 1. The number of aromatic hydroxyl groups is 1. The zero-order chi connectivity index (χ0) is 14.5. The Hall–Kier alpha value is -2.25. The fourth-order valence-electron chi connectivity index (χ4n) is 1.65. The number of nitrogens with zero attached hydrogens (tertiary/aromatic N) is 1. The average Bonchev–Trinajstić information content (AvgIpc) is 2.46. The predicted octanol–water partition coefficient (Wildman–Crippen LogP) is 2.88. The van der Waals surface area contributed by atoms with Gasteiger partial charge in [0, 0.05) is 16.7 Å². The summed E-state index contributed by atoms with van der Waals surface area (Å²) in [7, 11) is 0. The van der Waals surface area contributed by atoms with Gasteiger partial charge in [-0.2, -0.15) is 0 Å². The minimum absolute atomic E-state index is 0.0451. The van der Waals surface area contributed by atoms with Crippen LogP contribution >= 0.6 is 11.8 Å². The standard InChI is InChI=1S/C13H13N3O3S/c14-15-12-6-1-9(7-13(12)16(18)19)8-20-11-4-2-10(17)3-5-11/h1-7,15,17H,8,14H2. The van der Waals surface area contributed by atoms with Gasteiger partial charge in [0.15, 0.2) is 0 Å². The first kappa shape index (κ1) is 14.2. The second-order valence-corrected chi connectivity index (χ2v) is 5.08. The lowest BCUT2D eigenvalue weighted by Gasteiger charge is -2.05. The lowest BCUT2D eigenvalue weighted by atomic mass is 10.2. The van der Waals surface area contributed by atoms with E-state index in [9.17, 15) is 15.2 Å². The molecule has 0 aliphatic heterocycles. The molecule has 0 radical (unpaired) electrons.